The van der Waals surface area contributed by atoms with E-state index < -0.39 is 29.1 Å². The number of alkyl halides is 2. The highest BCUT2D eigenvalue weighted by Crippen LogP contribution is 2.19. The maximum absolute atomic E-state index is 12.7. The normalized spacial score (nSPS) is 10.5. The Bertz CT molecular complexity index is 386. The molecule has 0 radical (unpaired) electrons. The summed E-state index contributed by atoms with van der Waals surface area (Å²) in [6.45, 7) is 0. The SMILES string of the molecule is O=Cc1c(F)cc(=O)[nH]c1C(F)F. The fourth-order valence-electron chi connectivity index (χ4n) is 0.850. The lowest BCUT2D eigenvalue weighted by Crippen LogP contribution is -2.13. The topological polar surface area (TPSA) is 49.9 Å². The number of aldehydes is 1. The van der Waals surface area contributed by atoms with Crippen LogP contribution in [0.4, 0.5) is 13.2 Å². The Morgan fingerprint density at radius 3 is 2.54 bits per heavy atom. The van der Waals surface area contributed by atoms with Crippen LogP contribution in [-0.2, 0) is 0 Å². The van der Waals surface area contributed by atoms with E-state index in [1.165, 1.54) is 0 Å². The van der Waals surface area contributed by atoms with Gasteiger partial charge in [-0.3, -0.25) is 9.59 Å². The van der Waals surface area contributed by atoms with Gasteiger partial charge in [0.15, 0.2) is 6.29 Å². The fourth-order valence-corrected chi connectivity index (χ4v) is 0.850. The summed E-state index contributed by atoms with van der Waals surface area (Å²) in [5.41, 5.74) is -2.80. The van der Waals surface area contributed by atoms with E-state index in [0.717, 1.165) is 0 Å². The first-order chi connectivity index (χ1) is 6.06. The van der Waals surface area contributed by atoms with Gasteiger partial charge in [-0.05, 0) is 0 Å². The van der Waals surface area contributed by atoms with Crippen molar-refractivity contribution in [2.24, 2.45) is 0 Å². The molecule has 0 aliphatic carbocycles. The highest BCUT2D eigenvalue weighted by molar-refractivity contribution is 5.76. The maximum atomic E-state index is 12.7. The fraction of sp³-hybridized carbons (Fsp3) is 0.143. The summed E-state index contributed by atoms with van der Waals surface area (Å²) in [4.78, 5) is 22.4. The van der Waals surface area contributed by atoms with Crippen LogP contribution < -0.4 is 5.56 Å². The summed E-state index contributed by atoms with van der Waals surface area (Å²) in [7, 11) is 0. The number of halogens is 3. The highest BCUT2D eigenvalue weighted by Gasteiger charge is 2.17. The van der Waals surface area contributed by atoms with Gasteiger partial charge >= 0.3 is 0 Å². The number of carbonyl (C=O) groups is 1. The van der Waals surface area contributed by atoms with Crippen molar-refractivity contribution in [1.82, 2.24) is 4.98 Å². The van der Waals surface area contributed by atoms with Crippen LogP contribution in [0, 0.1) is 5.82 Å². The van der Waals surface area contributed by atoms with Crippen LogP contribution in [0.1, 0.15) is 22.5 Å². The molecule has 0 aliphatic heterocycles. The van der Waals surface area contributed by atoms with E-state index in [4.69, 9.17) is 0 Å². The first-order valence-corrected chi connectivity index (χ1v) is 3.22. The van der Waals surface area contributed by atoms with Crippen LogP contribution in [0.15, 0.2) is 10.9 Å². The van der Waals surface area contributed by atoms with E-state index in [2.05, 4.69) is 0 Å². The van der Waals surface area contributed by atoms with Gasteiger partial charge in [0.1, 0.15) is 5.82 Å². The lowest BCUT2D eigenvalue weighted by atomic mass is 10.2. The number of aromatic amines is 1. The second-order valence-corrected chi connectivity index (χ2v) is 2.23. The molecule has 0 saturated carbocycles. The second kappa shape index (κ2) is 3.42. The average molecular weight is 191 g/mol. The van der Waals surface area contributed by atoms with Crippen molar-refractivity contribution in [2.75, 3.05) is 0 Å². The number of carbonyl (C=O) groups excluding carboxylic acids is 1. The summed E-state index contributed by atoms with van der Waals surface area (Å²) in [6.07, 6.45) is -3.14. The number of rotatable bonds is 2. The van der Waals surface area contributed by atoms with E-state index in [-0.39, 0.29) is 6.29 Å². The number of pyridine rings is 1. The zero-order valence-corrected chi connectivity index (χ0v) is 6.18. The standard InChI is InChI=1S/C7H4F3NO2/c8-4-1-5(13)11-6(7(9)10)3(4)2-12/h1-2,7H,(H,11,13). The zero-order chi connectivity index (χ0) is 10.0. The van der Waals surface area contributed by atoms with Gasteiger partial charge in [0.05, 0.1) is 11.3 Å². The monoisotopic (exact) mass is 191 g/mol. The van der Waals surface area contributed by atoms with Crippen molar-refractivity contribution >= 4 is 6.29 Å². The number of hydrogen-bond donors (Lipinski definition) is 1. The molecule has 70 valence electrons. The summed E-state index contributed by atoms with van der Waals surface area (Å²) >= 11 is 0. The number of nitrogens with one attached hydrogen (secondary N) is 1. The molecule has 1 heterocycles. The lowest BCUT2D eigenvalue weighted by Gasteiger charge is -2.02. The van der Waals surface area contributed by atoms with Crippen molar-refractivity contribution in [3.05, 3.63) is 33.5 Å². The van der Waals surface area contributed by atoms with E-state index in [0.29, 0.717) is 6.07 Å². The molecular weight excluding hydrogens is 187 g/mol. The smallest absolute Gasteiger partial charge is 0.279 e. The molecule has 13 heavy (non-hydrogen) atoms. The Morgan fingerprint density at radius 1 is 1.46 bits per heavy atom. The summed E-state index contributed by atoms with van der Waals surface area (Å²) in [5, 5.41) is 0. The predicted octanol–water partition coefficient (Wildman–Crippen LogP) is 1.26. The number of hydrogen-bond acceptors (Lipinski definition) is 2. The molecule has 1 rings (SSSR count). The van der Waals surface area contributed by atoms with E-state index >= 15 is 0 Å². The van der Waals surface area contributed by atoms with Gasteiger partial charge in [0.25, 0.3) is 12.0 Å². The first kappa shape index (κ1) is 9.50. The van der Waals surface area contributed by atoms with Gasteiger partial charge < -0.3 is 4.98 Å². The van der Waals surface area contributed by atoms with Crippen LogP contribution in [0.25, 0.3) is 0 Å². The maximum Gasteiger partial charge on any atom is 0.279 e. The van der Waals surface area contributed by atoms with Gasteiger partial charge in [0.2, 0.25) is 0 Å². The molecule has 0 atom stereocenters. The molecule has 0 aliphatic rings. The van der Waals surface area contributed by atoms with E-state index in [9.17, 15) is 22.8 Å². The van der Waals surface area contributed by atoms with Gasteiger partial charge in [-0.25, -0.2) is 13.2 Å². The van der Waals surface area contributed by atoms with Crippen molar-refractivity contribution in [2.45, 2.75) is 6.43 Å². The second-order valence-electron chi connectivity index (χ2n) is 2.23. The third-order valence-electron chi connectivity index (χ3n) is 1.40. The predicted molar refractivity (Wildman–Crippen MR) is 37.4 cm³/mol. The minimum Gasteiger partial charge on any atom is -0.320 e. The summed E-state index contributed by atoms with van der Waals surface area (Å²) in [6, 6.07) is 0.440. The molecule has 0 unspecified atom stereocenters. The molecular formula is C7H4F3NO2. The van der Waals surface area contributed by atoms with Gasteiger partial charge in [-0.2, -0.15) is 0 Å². The number of aromatic nitrogens is 1. The van der Waals surface area contributed by atoms with Gasteiger partial charge in [-0.1, -0.05) is 0 Å². The summed E-state index contributed by atoms with van der Waals surface area (Å²) in [5.74, 6) is -1.24. The Morgan fingerprint density at radius 2 is 2.08 bits per heavy atom. The van der Waals surface area contributed by atoms with Crippen LogP contribution in [0.3, 0.4) is 0 Å². The van der Waals surface area contributed by atoms with Crippen molar-refractivity contribution in [1.29, 1.82) is 0 Å². The van der Waals surface area contributed by atoms with Gasteiger partial charge in [0, 0.05) is 6.07 Å². The largest absolute Gasteiger partial charge is 0.320 e. The highest BCUT2D eigenvalue weighted by atomic mass is 19.3. The van der Waals surface area contributed by atoms with Crippen molar-refractivity contribution in [3.63, 3.8) is 0 Å². The molecule has 1 N–H and O–H groups in total. The van der Waals surface area contributed by atoms with E-state index in [1.54, 1.807) is 4.98 Å². The Labute approximate surface area is 70.2 Å². The molecule has 1 aromatic rings. The Kier molecular flexibility index (Phi) is 2.50. The summed E-state index contributed by atoms with van der Waals surface area (Å²) < 4.78 is 36.8. The van der Waals surface area contributed by atoms with Gasteiger partial charge in [-0.15, -0.1) is 0 Å². The third kappa shape index (κ3) is 1.77. The van der Waals surface area contributed by atoms with E-state index in [1.807, 2.05) is 0 Å². The Hall–Kier alpha value is -1.59. The number of H-pyrrole nitrogens is 1. The lowest BCUT2D eigenvalue weighted by molar-refractivity contribution is 0.109. The minimum atomic E-state index is -3.08. The van der Waals surface area contributed by atoms with Crippen LogP contribution >= 0.6 is 0 Å². The molecule has 3 nitrogen and oxygen atoms in total. The molecule has 0 bridgehead atoms. The molecule has 6 heteroatoms. The quantitative estimate of drug-likeness (QED) is 0.715. The molecule has 0 saturated heterocycles. The first-order valence-electron chi connectivity index (χ1n) is 3.22. The molecule has 1 aromatic heterocycles. The zero-order valence-electron chi connectivity index (χ0n) is 6.18. The molecule has 0 aromatic carbocycles. The molecule has 0 fully saturated rings. The third-order valence-corrected chi connectivity index (χ3v) is 1.40. The van der Waals surface area contributed by atoms with Crippen molar-refractivity contribution in [3.8, 4) is 0 Å². The average Bonchev–Trinajstić information content (AvgIpc) is 2.02. The Balaban J connectivity index is 3.47. The minimum absolute atomic E-state index is 0.0627. The van der Waals surface area contributed by atoms with Crippen LogP contribution in [-0.4, -0.2) is 11.3 Å². The molecule has 0 amide bonds. The van der Waals surface area contributed by atoms with Crippen LogP contribution in [0.2, 0.25) is 0 Å². The molecule has 0 spiro atoms. The van der Waals surface area contributed by atoms with Crippen molar-refractivity contribution < 1.29 is 18.0 Å². The van der Waals surface area contributed by atoms with Crippen LogP contribution in [0.5, 0.6) is 0 Å².